The topological polar surface area (TPSA) is 66.8 Å². The Balaban J connectivity index is 2.06. The van der Waals surface area contributed by atoms with E-state index in [1.54, 1.807) is 7.05 Å². The molecule has 2 unspecified atom stereocenters. The van der Waals surface area contributed by atoms with Crippen LogP contribution in [0.2, 0.25) is 0 Å². The predicted molar refractivity (Wildman–Crippen MR) is 77.9 cm³/mol. The average molecular weight is 291 g/mol. The third-order valence-corrected chi connectivity index (χ3v) is 3.83. The van der Waals surface area contributed by atoms with Gasteiger partial charge in [0.1, 0.15) is 12.1 Å². The van der Waals surface area contributed by atoms with E-state index in [4.69, 9.17) is 4.74 Å². The average Bonchev–Trinajstić information content (AvgIpc) is 2.53. The van der Waals surface area contributed by atoms with Crippen LogP contribution in [0.5, 0.6) is 0 Å². The Morgan fingerprint density at radius 1 is 1.33 bits per heavy atom. The monoisotopic (exact) mass is 291 g/mol. The quantitative estimate of drug-likeness (QED) is 0.897. The molecule has 0 radical (unpaired) electrons. The number of carboxylic acids is 1. The second-order valence-electron chi connectivity index (χ2n) is 5.35. The molecule has 0 bridgehead atoms. The van der Waals surface area contributed by atoms with Crippen LogP contribution in [0.1, 0.15) is 24.8 Å². The molecule has 1 fully saturated rings. The van der Waals surface area contributed by atoms with E-state index in [-0.39, 0.29) is 5.91 Å². The molecule has 0 aliphatic carbocycles. The smallest absolute Gasteiger partial charge is 0.326 e. The van der Waals surface area contributed by atoms with E-state index in [9.17, 15) is 14.7 Å². The van der Waals surface area contributed by atoms with Crippen LogP contribution in [-0.4, -0.2) is 47.7 Å². The molecule has 2 atom stereocenters. The summed E-state index contributed by atoms with van der Waals surface area (Å²) < 4.78 is 5.46. The number of carbonyl (C=O) groups excluding carboxylic acids is 1. The van der Waals surface area contributed by atoms with E-state index in [1.807, 2.05) is 30.3 Å². The van der Waals surface area contributed by atoms with Crippen molar-refractivity contribution in [1.29, 1.82) is 0 Å². The van der Waals surface area contributed by atoms with Crippen LogP contribution in [-0.2, 0) is 20.7 Å². The van der Waals surface area contributed by atoms with Crippen LogP contribution in [0.25, 0.3) is 0 Å². The first-order chi connectivity index (χ1) is 10.1. The van der Waals surface area contributed by atoms with Gasteiger partial charge in [-0.1, -0.05) is 30.3 Å². The van der Waals surface area contributed by atoms with Gasteiger partial charge in [-0.2, -0.15) is 0 Å². The summed E-state index contributed by atoms with van der Waals surface area (Å²) in [4.78, 5) is 25.2. The molecule has 1 saturated heterocycles. The number of nitrogens with zero attached hydrogens (tertiary/aromatic N) is 1. The van der Waals surface area contributed by atoms with Crippen LogP contribution in [0.3, 0.4) is 0 Å². The Labute approximate surface area is 124 Å². The molecule has 1 aromatic carbocycles. The number of aliphatic carboxylic acids is 1. The van der Waals surface area contributed by atoms with Gasteiger partial charge in [-0.25, -0.2) is 4.79 Å². The molecule has 1 aromatic rings. The molecule has 1 aliphatic heterocycles. The lowest BCUT2D eigenvalue weighted by Crippen LogP contribution is -2.49. The van der Waals surface area contributed by atoms with Crippen molar-refractivity contribution in [3.05, 3.63) is 35.9 Å². The van der Waals surface area contributed by atoms with Gasteiger partial charge in [0.05, 0.1) is 0 Å². The molecule has 21 heavy (non-hydrogen) atoms. The summed E-state index contributed by atoms with van der Waals surface area (Å²) in [6, 6.07) is 8.46. The second kappa shape index (κ2) is 7.22. The zero-order chi connectivity index (χ0) is 15.2. The van der Waals surface area contributed by atoms with Gasteiger partial charge < -0.3 is 14.7 Å². The highest BCUT2D eigenvalue weighted by molar-refractivity contribution is 5.86. The van der Waals surface area contributed by atoms with Crippen LogP contribution in [0.15, 0.2) is 30.3 Å². The van der Waals surface area contributed by atoms with Gasteiger partial charge >= 0.3 is 5.97 Å². The standard InChI is InChI=1S/C16H21NO4/c1-17(15(18)14-9-5-6-10-21-14)13(16(19)20)11-12-7-3-2-4-8-12/h2-4,7-8,13-14H,5-6,9-11H2,1H3,(H,19,20). The fourth-order valence-corrected chi connectivity index (χ4v) is 2.54. The predicted octanol–water partition coefficient (Wildman–Crippen LogP) is 1.71. The molecule has 1 N–H and O–H groups in total. The van der Waals surface area contributed by atoms with Crippen molar-refractivity contribution in [3.63, 3.8) is 0 Å². The number of hydrogen-bond donors (Lipinski definition) is 1. The number of amides is 1. The third kappa shape index (κ3) is 4.04. The zero-order valence-corrected chi connectivity index (χ0v) is 12.2. The zero-order valence-electron chi connectivity index (χ0n) is 12.2. The number of carbonyl (C=O) groups is 2. The molecule has 5 nitrogen and oxygen atoms in total. The Morgan fingerprint density at radius 2 is 2.05 bits per heavy atom. The van der Waals surface area contributed by atoms with Crippen LogP contribution in [0.4, 0.5) is 0 Å². The second-order valence-corrected chi connectivity index (χ2v) is 5.35. The van der Waals surface area contributed by atoms with Crippen molar-refractivity contribution >= 4 is 11.9 Å². The Kier molecular flexibility index (Phi) is 5.33. The number of likely N-dealkylation sites (N-methyl/N-ethyl adjacent to an activating group) is 1. The van der Waals surface area contributed by atoms with Gasteiger partial charge in [0, 0.05) is 20.1 Å². The summed E-state index contributed by atoms with van der Waals surface area (Å²) in [5.74, 6) is -1.23. The van der Waals surface area contributed by atoms with Gasteiger partial charge in [0.25, 0.3) is 5.91 Å². The number of benzene rings is 1. The van der Waals surface area contributed by atoms with Crippen molar-refractivity contribution in [3.8, 4) is 0 Å². The van der Waals surface area contributed by atoms with Crippen LogP contribution >= 0.6 is 0 Å². The summed E-state index contributed by atoms with van der Waals surface area (Å²) in [6.45, 7) is 0.570. The highest BCUT2D eigenvalue weighted by atomic mass is 16.5. The summed E-state index contributed by atoms with van der Waals surface area (Å²) in [7, 11) is 1.54. The molecule has 1 amide bonds. The highest BCUT2D eigenvalue weighted by Crippen LogP contribution is 2.17. The van der Waals surface area contributed by atoms with Gasteiger partial charge in [-0.15, -0.1) is 0 Å². The van der Waals surface area contributed by atoms with E-state index in [1.165, 1.54) is 4.90 Å². The molecule has 1 aliphatic rings. The van der Waals surface area contributed by atoms with Crippen molar-refractivity contribution in [2.75, 3.05) is 13.7 Å². The molecular weight excluding hydrogens is 270 g/mol. The maximum Gasteiger partial charge on any atom is 0.326 e. The van der Waals surface area contributed by atoms with E-state index in [2.05, 4.69) is 0 Å². The van der Waals surface area contributed by atoms with Crippen molar-refractivity contribution in [2.24, 2.45) is 0 Å². The van der Waals surface area contributed by atoms with Gasteiger partial charge in [0.15, 0.2) is 0 Å². The van der Waals surface area contributed by atoms with Crippen molar-refractivity contribution in [2.45, 2.75) is 37.8 Å². The Bertz CT molecular complexity index is 482. The number of carboxylic acid groups (broad SMARTS) is 1. The molecule has 0 aromatic heterocycles. The lowest BCUT2D eigenvalue weighted by Gasteiger charge is -2.30. The molecule has 5 heteroatoms. The fraction of sp³-hybridized carbons (Fsp3) is 0.500. The highest BCUT2D eigenvalue weighted by Gasteiger charge is 2.32. The van der Waals surface area contributed by atoms with E-state index >= 15 is 0 Å². The minimum atomic E-state index is -0.995. The lowest BCUT2D eigenvalue weighted by atomic mass is 10.0. The first-order valence-corrected chi connectivity index (χ1v) is 7.24. The molecule has 0 spiro atoms. The summed E-state index contributed by atoms with van der Waals surface area (Å²) in [6.07, 6.45) is 2.37. The van der Waals surface area contributed by atoms with Gasteiger partial charge in [0.2, 0.25) is 0 Å². The normalized spacial score (nSPS) is 19.8. The molecule has 114 valence electrons. The van der Waals surface area contributed by atoms with Gasteiger partial charge in [-0.05, 0) is 24.8 Å². The Hall–Kier alpha value is -1.88. The minimum absolute atomic E-state index is 0.238. The maximum absolute atomic E-state index is 12.4. The van der Waals surface area contributed by atoms with Crippen LogP contribution < -0.4 is 0 Å². The Morgan fingerprint density at radius 3 is 2.62 bits per heavy atom. The van der Waals surface area contributed by atoms with Crippen molar-refractivity contribution in [1.82, 2.24) is 4.90 Å². The summed E-state index contributed by atoms with van der Waals surface area (Å²) in [5.41, 5.74) is 0.897. The van der Waals surface area contributed by atoms with Crippen molar-refractivity contribution < 1.29 is 19.4 Å². The SMILES string of the molecule is CN(C(=O)C1CCCCO1)C(Cc1ccccc1)C(=O)O. The molecule has 0 saturated carbocycles. The molecule has 1 heterocycles. The number of hydrogen-bond acceptors (Lipinski definition) is 3. The third-order valence-electron chi connectivity index (χ3n) is 3.83. The van der Waals surface area contributed by atoms with E-state index in [0.717, 1.165) is 18.4 Å². The fourth-order valence-electron chi connectivity index (χ4n) is 2.54. The van der Waals surface area contributed by atoms with Crippen LogP contribution in [0, 0.1) is 0 Å². The van der Waals surface area contributed by atoms with Gasteiger partial charge in [-0.3, -0.25) is 4.79 Å². The minimum Gasteiger partial charge on any atom is -0.480 e. The molecule has 2 rings (SSSR count). The maximum atomic E-state index is 12.4. The van der Waals surface area contributed by atoms with E-state index in [0.29, 0.717) is 19.4 Å². The number of rotatable bonds is 5. The van der Waals surface area contributed by atoms with E-state index < -0.39 is 18.1 Å². The lowest BCUT2D eigenvalue weighted by molar-refractivity contribution is -0.156. The molecular formula is C16H21NO4. The summed E-state index contributed by atoms with van der Waals surface area (Å²) in [5, 5.41) is 9.42. The first-order valence-electron chi connectivity index (χ1n) is 7.24. The summed E-state index contributed by atoms with van der Waals surface area (Å²) >= 11 is 0. The first kappa shape index (κ1) is 15.5. The number of ether oxygens (including phenoxy) is 1. The largest absolute Gasteiger partial charge is 0.480 e.